The molecule has 40 heavy (non-hydrogen) atoms. The molecule has 1 aliphatic heterocycles. The molecule has 1 amide bonds. The molecular weight excluding hydrogens is 502 g/mol. The van der Waals surface area contributed by atoms with Crippen LogP contribution in [0.2, 0.25) is 0 Å². The van der Waals surface area contributed by atoms with Crippen molar-refractivity contribution in [3.8, 4) is 17.0 Å². The highest BCUT2D eigenvalue weighted by Crippen LogP contribution is 2.34. The van der Waals surface area contributed by atoms with E-state index < -0.39 is 5.60 Å². The van der Waals surface area contributed by atoms with E-state index in [9.17, 15) is 9.90 Å². The first-order valence-corrected chi connectivity index (χ1v) is 14.1. The van der Waals surface area contributed by atoms with Gasteiger partial charge >= 0.3 is 0 Å². The van der Waals surface area contributed by atoms with E-state index >= 15 is 0 Å². The van der Waals surface area contributed by atoms with Gasteiger partial charge in [0.15, 0.2) is 5.69 Å². The average Bonchev–Trinajstić information content (AvgIpc) is 3.41. The number of nitrogens with zero attached hydrogens (tertiary/aromatic N) is 3. The number of imidazole rings is 1. The van der Waals surface area contributed by atoms with Gasteiger partial charge in [0.2, 0.25) is 0 Å². The van der Waals surface area contributed by atoms with Gasteiger partial charge in [-0.3, -0.25) is 4.79 Å². The molecule has 8 nitrogen and oxygen atoms in total. The van der Waals surface area contributed by atoms with Crippen LogP contribution in [0.25, 0.3) is 11.3 Å². The first kappa shape index (κ1) is 29.4. The van der Waals surface area contributed by atoms with Gasteiger partial charge in [0.05, 0.1) is 36.5 Å². The van der Waals surface area contributed by atoms with Crippen LogP contribution >= 0.6 is 0 Å². The zero-order valence-corrected chi connectivity index (χ0v) is 24.2. The highest BCUT2D eigenvalue weighted by Gasteiger charge is 2.35. The van der Waals surface area contributed by atoms with Crippen LogP contribution in [0, 0.1) is 6.92 Å². The number of piperazine rings is 1. The number of carbonyl (C=O) groups is 1. The van der Waals surface area contributed by atoms with E-state index in [1.165, 1.54) is 0 Å². The van der Waals surface area contributed by atoms with Crippen LogP contribution in [0.5, 0.6) is 5.75 Å². The number of aromatic nitrogens is 2. The van der Waals surface area contributed by atoms with Gasteiger partial charge in [-0.15, -0.1) is 6.58 Å². The third kappa shape index (κ3) is 6.57. The van der Waals surface area contributed by atoms with E-state index in [-0.39, 0.29) is 18.0 Å². The SMILES string of the molecule is C=CCC[C@](C)(O)[C@@H](C)n1cnc(C(=O)N2CCNC[C@H]2CCNc2cc(C)ccc2OC)c1-c1ccccc1. The molecule has 0 aliphatic carbocycles. The predicted octanol–water partition coefficient (Wildman–Crippen LogP) is 5.06. The van der Waals surface area contributed by atoms with Gasteiger partial charge in [-0.05, 0) is 57.7 Å². The van der Waals surface area contributed by atoms with Crippen molar-refractivity contribution >= 4 is 11.6 Å². The topological polar surface area (TPSA) is 91.7 Å². The van der Waals surface area contributed by atoms with Crippen molar-refractivity contribution in [2.75, 3.05) is 38.6 Å². The van der Waals surface area contributed by atoms with Crippen molar-refractivity contribution in [2.24, 2.45) is 0 Å². The number of aliphatic hydroxyl groups is 1. The van der Waals surface area contributed by atoms with E-state index in [1.807, 2.05) is 71.9 Å². The third-order valence-corrected chi connectivity index (χ3v) is 7.97. The summed E-state index contributed by atoms with van der Waals surface area (Å²) in [4.78, 5) is 20.8. The molecule has 1 aromatic heterocycles. The van der Waals surface area contributed by atoms with Crippen LogP contribution in [0.15, 0.2) is 67.5 Å². The summed E-state index contributed by atoms with van der Waals surface area (Å²) in [7, 11) is 1.67. The van der Waals surface area contributed by atoms with E-state index in [2.05, 4.69) is 35.2 Å². The Labute approximate surface area is 238 Å². The lowest BCUT2D eigenvalue weighted by atomic mass is 9.91. The van der Waals surface area contributed by atoms with Gasteiger partial charge in [-0.1, -0.05) is 42.5 Å². The highest BCUT2D eigenvalue weighted by molar-refractivity contribution is 5.98. The monoisotopic (exact) mass is 545 g/mol. The second-order valence-electron chi connectivity index (χ2n) is 10.9. The van der Waals surface area contributed by atoms with Crippen molar-refractivity contribution in [3.63, 3.8) is 0 Å². The number of hydrogen-bond donors (Lipinski definition) is 3. The maximum Gasteiger partial charge on any atom is 0.275 e. The minimum Gasteiger partial charge on any atom is -0.495 e. The van der Waals surface area contributed by atoms with Crippen molar-refractivity contribution in [3.05, 3.63) is 78.8 Å². The fourth-order valence-corrected chi connectivity index (χ4v) is 5.35. The quantitative estimate of drug-likeness (QED) is 0.276. The van der Waals surface area contributed by atoms with Crippen LogP contribution in [0.4, 0.5) is 5.69 Å². The van der Waals surface area contributed by atoms with Gasteiger partial charge in [-0.2, -0.15) is 0 Å². The minimum absolute atomic E-state index is 0.00597. The van der Waals surface area contributed by atoms with E-state index in [1.54, 1.807) is 13.4 Å². The normalized spacial score (nSPS) is 17.6. The zero-order chi connectivity index (χ0) is 28.7. The largest absolute Gasteiger partial charge is 0.495 e. The summed E-state index contributed by atoms with van der Waals surface area (Å²) in [6.07, 6.45) is 5.54. The van der Waals surface area contributed by atoms with Gasteiger partial charge < -0.3 is 29.9 Å². The molecule has 1 aliphatic rings. The fourth-order valence-electron chi connectivity index (χ4n) is 5.35. The second-order valence-corrected chi connectivity index (χ2v) is 10.9. The minimum atomic E-state index is -1.00. The van der Waals surface area contributed by atoms with Crippen molar-refractivity contribution in [1.82, 2.24) is 19.8 Å². The molecule has 3 aromatic rings. The first-order valence-electron chi connectivity index (χ1n) is 14.1. The Morgan fingerprint density at radius 3 is 2.83 bits per heavy atom. The van der Waals surface area contributed by atoms with Crippen molar-refractivity contribution in [2.45, 2.75) is 57.7 Å². The fraction of sp³-hybridized carbons (Fsp3) is 0.438. The molecule has 0 spiro atoms. The number of methoxy groups -OCH3 is 1. The maximum absolute atomic E-state index is 14.1. The predicted molar refractivity (Wildman–Crippen MR) is 161 cm³/mol. The molecule has 0 bridgehead atoms. The summed E-state index contributed by atoms with van der Waals surface area (Å²) in [5, 5.41) is 18.3. The molecular formula is C32H43N5O3. The standard InChI is InChI=1S/C32H43N5O3/c1-6-7-16-32(4,39)24(3)37-22-35-29(30(37)25-11-9-8-10-12-25)31(38)36-19-18-33-21-26(36)15-17-34-27-20-23(2)13-14-28(27)40-5/h6,8-14,20,22,24,26,33-34,39H,1,7,15-19,21H2,2-5H3/t24-,26-,32+/m1/s1. The van der Waals surface area contributed by atoms with Crippen molar-refractivity contribution < 1.29 is 14.6 Å². The van der Waals surface area contributed by atoms with Gasteiger partial charge in [0.25, 0.3) is 5.91 Å². The Morgan fingerprint density at radius 1 is 1.32 bits per heavy atom. The molecule has 4 rings (SSSR count). The molecule has 1 saturated heterocycles. The highest BCUT2D eigenvalue weighted by atomic mass is 16.5. The van der Waals surface area contributed by atoms with Gasteiger partial charge in [-0.25, -0.2) is 4.98 Å². The number of amides is 1. The molecule has 0 unspecified atom stereocenters. The second kappa shape index (κ2) is 13.2. The first-order chi connectivity index (χ1) is 19.3. The Balaban J connectivity index is 1.59. The summed E-state index contributed by atoms with van der Waals surface area (Å²) in [5.41, 5.74) is 3.15. The maximum atomic E-state index is 14.1. The number of rotatable bonds is 12. The van der Waals surface area contributed by atoms with Crippen LogP contribution in [-0.2, 0) is 0 Å². The summed E-state index contributed by atoms with van der Waals surface area (Å²) in [6.45, 7) is 12.4. The number of hydrogen-bond acceptors (Lipinski definition) is 6. The number of aryl methyl sites for hydroxylation is 1. The molecule has 1 fully saturated rings. The van der Waals surface area contributed by atoms with Crippen LogP contribution in [-0.4, -0.2) is 70.4 Å². The Bertz CT molecular complexity index is 1290. The molecule has 2 heterocycles. The smallest absolute Gasteiger partial charge is 0.275 e. The summed E-state index contributed by atoms with van der Waals surface area (Å²) in [6, 6.07) is 15.6. The Morgan fingerprint density at radius 2 is 2.10 bits per heavy atom. The summed E-state index contributed by atoms with van der Waals surface area (Å²) >= 11 is 0. The molecule has 0 saturated carbocycles. The third-order valence-electron chi connectivity index (χ3n) is 7.97. The average molecular weight is 546 g/mol. The number of ether oxygens (including phenoxy) is 1. The zero-order valence-electron chi connectivity index (χ0n) is 24.2. The molecule has 0 radical (unpaired) electrons. The van der Waals surface area contributed by atoms with E-state index in [0.717, 1.165) is 41.2 Å². The number of anilines is 1. The van der Waals surface area contributed by atoms with Crippen LogP contribution in [0.1, 0.15) is 55.2 Å². The molecule has 3 N–H and O–H groups in total. The summed E-state index contributed by atoms with van der Waals surface area (Å²) < 4.78 is 7.46. The van der Waals surface area contributed by atoms with E-state index in [0.29, 0.717) is 38.2 Å². The van der Waals surface area contributed by atoms with Crippen molar-refractivity contribution in [1.29, 1.82) is 0 Å². The number of allylic oxidation sites excluding steroid dienone is 1. The van der Waals surface area contributed by atoms with Crippen LogP contribution < -0.4 is 15.4 Å². The van der Waals surface area contributed by atoms with Gasteiger partial charge in [0.1, 0.15) is 5.75 Å². The Hall–Kier alpha value is -3.62. The van der Waals surface area contributed by atoms with E-state index in [4.69, 9.17) is 4.74 Å². The summed E-state index contributed by atoms with van der Waals surface area (Å²) in [5.74, 6) is 0.714. The lowest BCUT2D eigenvalue weighted by molar-refractivity contribution is 0.00527. The molecule has 8 heteroatoms. The molecule has 214 valence electrons. The van der Waals surface area contributed by atoms with Crippen LogP contribution in [0.3, 0.4) is 0 Å². The number of carbonyl (C=O) groups excluding carboxylic acids is 1. The number of benzene rings is 2. The Kier molecular flexibility index (Phi) is 9.66. The van der Waals surface area contributed by atoms with Gasteiger partial charge in [0, 0.05) is 37.8 Å². The molecule has 3 atom stereocenters. The molecule has 2 aromatic carbocycles. The lowest BCUT2D eigenvalue weighted by Crippen LogP contribution is -2.54. The number of nitrogens with one attached hydrogen (secondary N) is 2. The lowest BCUT2D eigenvalue weighted by Gasteiger charge is -2.36.